The van der Waals surface area contributed by atoms with E-state index in [2.05, 4.69) is 16.4 Å². The fourth-order valence-corrected chi connectivity index (χ4v) is 2.05. The number of hydrogen-bond donors (Lipinski definition) is 1. The van der Waals surface area contributed by atoms with E-state index in [0.717, 1.165) is 11.3 Å². The fraction of sp³-hybridized carbons (Fsp3) is 0.250. The van der Waals surface area contributed by atoms with Crippen molar-refractivity contribution in [2.45, 2.75) is 13.5 Å². The van der Waals surface area contributed by atoms with Crippen LogP contribution in [0.5, 0.6) is 0 Å². The largest absolute Gasteiger partial charge is 0.388 e. The maximum Gasteiger partial charge on any atom is 0.272 e. The molecule has 0 radical (unpaired) electrons. The Morgan fingerprint density at radius 2 is 2.10 bits per heavy atom. The lowest BCUT2D eigenvalue weighted by Gasteiger charge is -2.17. The summed E-state index contributed by atoms with van der Waals surface area (Å²) in [5, 5.41) is 3.01. The van der Waals surface area contributed by atoms with Crippen LogP contribution in [0.15, 0.2) is 42.6 Å². The summed E-state index contributed by atoms with van der Waals surface area (Å²) in [6, 6.07) is 11.7. The number of pyridine rings is 1. The third kappa shape index (κ3) is 3.35. The summed E-state index contributed by atoms with van der Waals surface area (Å²) in [7, 11) is 3.61. The number of benzene rings is 1. The number of aromatic nitrogens is 1. The first-order chi connectivity index (χ1) is 9.60. The number of rotatable bonds is 4. The minimum Gasteiger partial charge on any atom is -0.388 e. The zero-order valence-electron chi connectivity index (χ0n) is 12.1. The van der Waals surface area contributed by atoms with Crippen molar-refractivity contribution in [2.24, 2.45) is 0 Å². The number of amides is 1. The maximum atomic E-state index is 12.3. The summed E-state index contributed by atoms with van der Waals surface area (Å²) in [6.07, 6.45) is 1.64. The average Bonchev–Trinajstić information content (AvgIpc) is 2.46. The second-order valence-electron chi connectivity index (χ2n) is 4.83. The molecule has 0 aliphatic heterocycles. The molecule has 1 heterocycles. The van der Waals surface area contributed by atoms with Crippen molar-refractivity contribution in [2.75, 3.05) is 19.4 Å². The first kappa shape index (κ1) is 14.1. The van der Waals surface area contributed by atoms with Crippen LogP contribution >= 0.6 is 0 Å². The van der Waals surface area contributed by atoms with Gasteiger partial charge in [-0.3, -0.25) is 9.78 Å². The molecule has 2 aromatic rings. The highest BCUT2D eigenvalue weighted by Crippen LogP contribution is 2.11. The van der Waals surface area contributed by atoms with Crippen LogP contribution in [0.2, 0.25) is 0 Å². The maximum absolute atomic E-state index is 12.3. The Kier molecular flexibility index (Phi) is 4.35. The fourth-order valence-electron chi connectivity index (χ4n) is 2.05. The van der Waals surface area contributed by atoms with Crippen LogP contribution in [-0.2, 0) is 6.54 Å². The third-order valence-electron chi connectivity index (χ3n) is 3.12. The van der Waals surface area contributed by atoms with E-state index in [1.54, 1.807) is 24.2 Å². The Morgan fingerprint density at radius 3 is 2.80 bits per heavy atom. The molecule has 20 heavy (non-hydrogen) atoms. The molecule has 0 atom stereocenters. The molecule has 0 aliphatic rings. The SMILES string of the molecule is CNc1ccnc(C(=O)N(C)Cc2cccc(C)c2)c1. The van der Waals surface area contributed by atoms with Crippen LogP contribution in [0.25, 0.3) is 0 Å². The van der Waals surface area contributed by atoms with Gasteiger partial charge in [-0.15, -0.1) is 0 Å². The van der Waals surface area contributed by atoms with Gasteiger partial charge in [0.05, 0.1) is 0 Å². The Hall–Kier alpha value is -2.36. The number of nitrogens with one attached hydrogen (secondary N) is 1. The number of nitrogens with zero attached hydrogens (tertiary/aromatic N) is 2. The normalized spacial score (nSPS) is 10.2. The van der Waals surface area contributed by atoms with Crippen molar-refractivity contribution < 1.29 is 4.79 Å². The van der Waals surface area contributed by atoms with Crippen LogP contribution in [0.3, 0.4) is 0 Å². The molecule has 0 aliphatic carbocycles. The quantitative estimate of drug-likeness (QED) is 0.928. The van der Waals surface area contributed by atoms with Crippen LogP contribution in [-0.4, -0.2) is 29.9 Å². The van der Waals surface area contributed by atoms with Gasteiger partial charge in [0, 0.05) is 32.5 Å². The van der Waals surface area contributed by atoms with Crippen LogP contribution < -0.4 is 5.32 Å². The zero-order chi connectivity index (χ0) is 14.5. The molecule has 1 aromatic carbocycles. The summed E-state index contributed by atoms with van der Waals surface area (Å²) in [4.78, 5) is 18.2. The third-order valence-corrected chi connectivity index (χ3v) is 3.12. The van der Waals surface area contributed by atoms with Gasteiger partial charge in [-0.1, -0.05) is 29.8 Å². The van der Waals surface area contributed by atoms with Crippen molar-refractivity contribution in [1.29, 1.82) is 0 Å². The van der Waals surface area contributed by atoms with Crippen molar-refractivity contribution in [1.82, 2.24) is 9.88 Å². The summed E-state index contributed by atoms with van der Waals surface area (Å²) in [6.45, 7) is 2.62. The topological polar surface area (TPSA) is 45.2 Å². The predicted molar refractivity (Wildman–Crippen MR) is 80.8 cm³/mol. The van der Waals surface area contributed by atoms with Gasteiger partial charge in [0.2, 0.25) is 0 Å². The smallest absolute Gasteiger partial charge is 0.272 e. The Balaban J connectivity index is 2.12. The van der Waals surface area contributed by atoms with Gasteiger partial charge < -0.3 is 10.2 Å². The van der Waals surface area contributed by atoms with E-state index < -0.39 is 0 Å². The van der Waals surface area contributed by atoms with Crippen LogP contribution in [0, 0.1) is 6.92 Å². The lowest BCUT2D eigenvalue weighted by Crippen LogP contribution is -2.27. The van der Waals surface area contributed by atoms with E-state index >= 15 is 0 Å². The highest BCUT2D eigenvalue weighted by molar-refractivity contribution is 5.92. The lowest BCUT2D eigenvalue weighted by molar-refractivity contribution is 0.0779. The first-order valence-electron chi connectivity index (χ1n) is 6.55. The lowest BCUT2D eigenvalue weighted by atomic mass is 10.1. The molecule has 1 aromatic heterocycles. The van der Waals surface area contributed by atoms with Gasteiger partial charge in [-0.25, -0.2) is 0 Å². The molecule has 1 amide bonds. The summed E-state index contributed by atoms with van der Waals surface area (Å²) in [5.74, 6) is -0.0800. The van der Waals surface area contributed by atoms with E-state index in [1.165, 1.54) is 5.56 Å². The molecule has 0 spiro atoms. The number of aryl methyl sites for hydroxylation is 1. The predicted octanol–water partition coefficient (Wildman–Crippen LogP) is 2.70. The molecule has 0 unspecified atom stereocenters. The van der Waals surface area contributed by atoms with Crippen LogP contribution in [0.1, 0.15) is 21.6 Å². The van der Waals surface area contributed by atoms with Gasteiger partial charge in [0.25, 0.3) is 5.91 Å². The monoisotopic (exact) mass is 269 g/mol. The standard InChI is InChI=1S/C16H19N3O/c1-12-5-4-6-13(9-12)11-19(3)16(20)15-10-14(17-2)7-8-18-15/h4-10H,11H2,1-3H3,(H,17,18). The number of carbonyl (C=O) groups excluding carboxylic acids is 1. The first-order valence-corrected chi connectivity index (χ1v) is 6.55. The molecule has 0 saturated carbocycles. The van der Waals surface area contributed by atoms with E-state index in [1.807, 2.05) is 38.2 Å². The zero-order valence-corrected chi connectivity index (χ0v) is 12.1. The molecular weight excluding hydrogens is 250 g/mol. The molecule has 0 fully saturated rings. The van der Waals surface area contributed by atoms with E-state index in [4.69, 9.17) is 0 Å². The highest BCUT2D eigenvalue weighted by Gasteiger charge is 2.13. The number of carbonyl (C=O) groups is 1. The Morgan fingerprint density at radius 1 is 1.30 bits per heavy atom. The van der Waals surface area contributed by atoms with Crippen molar-refractivity contribution in [3.63, 3.8) is 0 Å². The van der Waals surface area contributed by atoms with Gasteiger partial charge in [-0.2, -0.15) is 0 Å². The second-order valence-corrected chi connectivity index (χ2v) is 4.83. The second kappa shape index (κ2) is 6.19. The van der Waals surface area contributed by atoms with E-state index in [-0.39, 0.29) is 5.91 Å². The molecule has 2 rings (SSSR count). The molecule has 0 saturated heterocycles. The minimum atomic E-state index is -0.0800. The summed E-state index contributed by atoms with van der Waals surface area (Å²) < 4.78 is 0. The van der Waals surface area contributed by atoms with E-state index in [9.17, 15) is 4.79 Å². The molecule has 0 bridgehead atoms. The molecule has 104 valence electrons. The summed E-state index contributed by atoms with van der Waals surface area (Å²) in [5.41, 5.74) is 3.64. The number of anilines is 1. The molecule has 4 heteroatoms. The van der Waals surface area contributed by atoms with Crippen molar-refractivity contribution >= 4 is 11.6 Å². The molecule has 1 N–H and O–H groups in total. The van der Waals surface area contributed by atoms with Gasteiger partial charge in [0.15, 0.2) is 0 Å². The van der Waals surface area contributed by atoms with Crippen LogP contribution in [0.4, 0.5) is 5.69 Å². The van der Waals surface area contributed by atoms with Gasteiger partial charge >= 0.3 is 0 Å². The molecule has 4 nitrogen and oxygen atoms in total. The Bertz CT molecular complexity index is 610. The summed E-state index contributed by atoms with van der Waals surface area (Å²) >= 11 is 0. The van der Waals surface area contributed by atoms with Crippen molar-refractivity contribution in [3.8, 4) is 0 Å². The highest BCUT2D eigenvalue weighted by atomic mass is 16.2. The van der Waals surface area contributed by atoms with Crippen molar-refractivity contribution in [3.05, 3.63) is 59.4 Å². The molecular formula is C16H19N3O. The minimum absolute atomic E-state index is 0.0800. The Labute approximate surface area is 119 Å². The van der Waals surface area contributed by atoms with Gasteiger partial charge in [-0.05, 0) is 24.6 Å². The number of hydrogen-bond acceptors (Lipinski definition) is 3. The van der Waals surface area contributed by atoms with E-state index in [0.29, 0.717) is 12.2 Å². The van der Waals surface area contributed by atoms with Gasteiger partial charge in [0.1, 0.15) is 5.69 Å². The average molecular weight is 269 g/mol.